The van der Waals surface area contributed by atoms with Crippen LogP contribution in [0.25, 0.3) is 0 Å². The van der Waals surface area contributed by atoms with E-state index in [9.17, 15) is 4.79 Å². The molecule has 0 aromatic heterocycles. The molecular formula is C19H21NOS. The third kappa shape index (κ3) is 3.05. The Bertz CT molecular complexity index is 614. The van der Waals surface area contributed by atoms with Gasteiger partial charge < -0.3 is 4.90 Å². The largest absolute Gasteiger partial charge is 0.325 e. The molecule has 0 N–H and O–H groups in total. The summed E-state index contributed by atoms with van der Waals surface area (Å²) in [5.74, 6) is 1.23. The number of hydrogen-bond acceptors (Lipinski definition) is 2. The zero-order valence-electron chi connectivity index (χ0n) is 12.8. The van der Waals surface area contributed by atoms with Crippen LogP contribution >= 0.6 is 11.8 Å². The van der Waals surface area contributed by atoms with Crippen molar-refractivity contribution in [1.82, 2.24) is 4.90 Å². The number of benzene rings is 2. The lowest BCUT2D eigenvalue weighted by molar-refractivity contribution is -0.133. The van der Waals surface area contributed by atoms with Gasteiger partial charge in [-0.2, -0.15) is 0 Å². The molecule has 0 radical (unpaired) electrons. The minimum Gasteiger partial charge on any atom is -0.325 e. The molecule has 2 aromatic rings. The van der Waals surface area contributed by atoms with Crippen molar-refractivity contribution in [3.8, 4) is 0 Å². The summed E-state index contributed by atoms with van der Waals surface area (Å²) in [6, 6.07) is 20.5. The quantitative estimate of drug-likeness (QED) is 0.831. The smallest absolute Gasteiger partial charge is 0.231 e. The molecule has 1 amide bonds. The monoisotopic (exact) mass is 311 g/mol. The highest BCUT2D eigenvalue weighted by molar-refractivity contribution is 7.99. The van der Waals surface area contributed by atoms with E-state index in [2.05, 4.69) is 36.1 Å². The molecule has 114 valence electrons. The average Bonchev–Trinajstić information content (AvgIpc) is 3.07. The average molecular weight is 311 g/mol. The van der Waals surface area contributed by atoms with Gasteiger partial charge in [0.25, 0.3) is 0 Å². The topological polar surface area (TPSA) is 20.3 Å². The van der Waals surface area contributed by atoms with Gasteiger partial charge in [0.1, 0.15) is 5.37 Å². The molecule has 3 heteroatoms. The highest BCUT2D eigenvalue weighted by Crippen LogP contribution is 2.40. The van der Waals surface area contributed by atoms with Gasteiger partial charge in [-0.25, -0.2) is 0 Å². The molecule has 2 aromatic carbocycles. The molecule has 0 spiro atoms. The Balaban J connectivity index is 1.84. The van der Waals surface area contributed by atoms with Crippen LogP contribution in [0.2, 0.25) is 0 Å². The van der Waals surface area contributed by atoms with Crippen LogP contribution in [0.15, 0.2) is 60.7 Å². The number of amides is 1. The maximum Gasteiger partial charge on any atom is 0.231 e. The van der Waals surface area contributed by atoms with Crippen LogP contribution in [0.4, 0.5) is 0 Å². The van der Waals surface area contributed by atoms with Gasteiger partial charge >= 0.3 is 0 Å². The van der Waals surface area contributed by atoms with Crippen molar-refractivity contribution < 1.29 is 4.79 Å². The summed E-state index contributed by atoms with van der Waals surface area (Å²) in [4.78, 5) is 15.1. The van der Waals surface area contributed by atoms with Crippen LogP contribution in [0, 0.1) is 0 Å². The Kier molecular flexibility index (Phi) is 4.84. The molecule has 0 bridgehead atoms. The lowest BCUT2D eigenvalue weighted by Gasteiger charge is -2.28. The lowest BCUT2D eigenvalue weighted by atomic mass is 9.95. The zero-order chi connectivity index (χ0) is 15.4. The van der Waals surface area contributed by atoms with E-state index in [4.69, 9.17) is 0 Å². The maximum atomic E-state index is 13.1. The molecule has 1 aliphatic rings. The molecule has 2 nitrogen and oxygen atoms in total. The van der Waals surface area contributed by atoms with Gasteiger partial charge in [-0.15, -0.1) is 11.8 Å². The molecule has 2 atom stereocenters. The number of carbonyl (C=O) groups excluding carboxylic acids is 1. The van der Waals surface area contributed by atoms with Crippen LogP contribution in [0.5, 0.6) is 0 Å². The predicted octanol–water partition coefficient (Wildman–Crippen LogP) is 4.45. The number of thioether (sulfide) groups is 1. The summed E-state index contributed by atoms with van der Waals surface area (Å²) in [5, 5.41) is 0.159. The van der Waals surface area contributed by atoms with Crippen molar-refractivity contribution in [1.29, 1.82) is 0 Å². The molecule has 0 saturated carbocycles. The first-order valence-electron chi connectivity index (χ1n) is 7.83. The molecule has 1 saturated heterocycles. The Hall–Kier alpha value is -1.74. The van der Waals surface area contributed by atoms with E-state index < -0.39 is 0 Å². The van der Waals surface area contributed by atoms with E-state index in [0.717, 1.165) is 24.3 Å². The second-order valence-electron chi connectivity index (χ2n) is 5.54. The fraction of sp³-hybridized carbons (Fsp3) is 0.316. The van der Waals surface area contributed by atoms with E-state index in [1.54, 1.807) is 0 Å². The van der Waals surface area contributed by atoms with Crippen molar-refractivity contribution in [2.75, 3.05) is 12.3 Å². The highest BCUT2D eigenvalue weighted by atomic mass is 32.2. The number of carbonyl (C=O) groups is 1. The number of hydrogen-bond donors (Lipinski definition) is 0. The molecule has 1 aliphatic heterocycles. The lowest BCUT2D eigenvalue weighted by Crippen LogP contribution is -2.34. The molecule has 1 fully saturated rings. The minimum atomic E-state index is -0.0360. The Labute approximate surface area is 136 Å². The van der Waals surface area contributed by atoms with Gasteiger partial charge in [-0.3, -0.25) is 4.79 Å². The van der Waals surface area contributed by atoms with Gasteiger partial charge in [0, 0.05) is 12.3 Å². The molecule has 0 aliphatic carbocycles. The summed E-state index contributed by atoms with van der Waals surface area (Å²) >= 11 is 1.86. The molecular weight excluding hydrogens is 290 g/mol. The zero-order valence-corrected chi connectivity index (χ0v) is 13.6. The van der Waals surface area contributed by atoms with Gasteiger partial charge in [-0.05, 0) is 17.5 Å². The normalized spacial score (nSPS) is 19.1. The van der Waals surface area contributed by atoms with Crippen molar-refractivity contribution in [2.45, 2.75) is 24.6 Å². The molecule has 2 unspecified atom stereocenters. The van der Waals surface area contributed by atoms with E-state index in [0.29, 0.717) is 0 Å². The first kappa shape index (κ1) is 15.2. The molecule has 1 heterocycles. The second-order valence-corrected chi connectivity index (χ2v) is 6.73. The number of rotatable bonds is 4. The summed E-state index contributed by atoms with van der Waals surface area (Å²) < 4.78 is 0. The Morgan fingerprint density at radius 2 is 1.77 bits per heavy atom. The van der Waals surface area contributed by atoms with Crippen LogP contribution in [0.1, 0.15) is 35.8 Å². The van der Waals surface area contributed by atoms with Crippen molar-refractivity contribution in [2.24, 2.45) is 0 Å². The fourth-order valence-corrected chi connectivity index (χ4v) is 4.29. The molecule has 3 rings (SSSR count). The van der Waals surface area contributed by atoms with Crippen LogP contribution in [-0.4, -0.2) is 23.1 Å². The van der Waals surface area contributed by atoms with E-state index >= 15 is 0 Å². The van der Waals surface area contributed by atoms with E-state index in [1.165, 1.54) is 5.56 Å². The SMILES string of the molecule is CCC(C(=O)N1CCSC1c1ccccc1)c1ccccc1. The Morgan fingerprint density at radius 3 is 2.41 bits per heavy atom. The van der Waals surface area contributed by atoms with E-state index in [1.807, 2.05) is 48.2 Å². The maximum absolute atomic E-state index is 13.1. The van der Waals surface area contributed by atoms with Crippen molar-refractivity contribution in [3.63, 3.8) is 0 Å². The van der Waals surface area contributed by atoms with Crippen molar-refractivity contribution >= 4 is 17.7 Å². The van der Waals surface area contributed by atoms with Gasteiger partial charge in [0.05, 0.1) is 5.92 Å². The van der Waals surface area contributed by atoms with Gasteiger partial charge in [-0.1, -0.05) is 67.6 Å². The first-order chi connectivity index (χ1) is 10.8. The third-order valence-corrected chi connectivity index (χ3v) is 5.43. The van der Waals surface area contributed by atoms with Crippen LogP contribution < -0.4 is 0 Å². The highest BCUT2D eigenvalue weighted by Gasteiger charge is 2.34. The Morgan fingerprint density at radius 1 is 1.14 bits per heavy atom. The van der Waals surface area contributed by atoms with E-state index in [-0.39, 0.29) is 17.2 Å². The summed E-state index contributed by atoms with van der Waals surface area (Å²) in [6.45, 7) is 2.93. The van der Waals surface area contributed by atoms with Gasteiger partial charge in [0.2, 0.25) is 5.91 Å². The second kappa shape index (κ2) is 7.01. The fourth-order valence-electron chi connectivity index (χ4n) is 3.03. The predicted molar refractivity (Wildman–Crippen MR) is 92.8 cm³/mol. The van der Waals surface area contributed by atoms with Crippen molar-refractivity contribution in [3.05, 3.63) is 71.8 Å². The third-order valence-electron chi connectivity index (χ3n) is 4.17. The number of nitrogens with zero attached hydrogens (tertiary/aromatic N) is 1. The summed E-state index contributed by atoms with van der Waals surface area (Å²) in [5.41, 5.74) is 2.35. The summed E-state index contributed by atoms with van der Waals surface area (Å²) in [6.07, 6.45) is 0.839. The van der Waals surface area contributed by atoms with Crippen LogP contribution in [0.3, 0.4) is 0 Å². The minimum absolute atomic E-state index is 0.0360. The molecule has 22 heavy (non-hydrogen) atoms. The first-order valence-corrected chi connectivity index (χ1v) is 8.88. The summed E-state index contributed by atoms with van der Waals surface area (Å²) in [7, 11) is 0. The van der Waals surface area contributed by atoms with Crippen LogP contribution in [-0.2, 0) is 4.79 Å². The standard InChI is InChI=1S/C19H21NOS/c1-2-17(15-9-5-3-6-10-15)18(21)20-13-14-22-19(20)16-11-7-4-8-12-16/h3-12,17,19H,2,13-14H2,1H3. The van der Waals surface area contributed by atoms with Gasteiger partial charge in [0.15, 0.2) is 0 Å².